The van der Waals surface area contributed by atoms with Crippen molar-refractivity contribution in [1.29, 1.82) is 0 Å². The number of rotatable bonds is 7. The highest BCUT2D eigenvalue weighted by atomic mass is 16.7. The first-order valence-corrected chi connectivity index (χ1v) is 7.34. The summed E-state index contributed by atoms with van der Waals surface area (Å²) in [5.74, 6) is 0.784. The normalized spacial score (nSPS) is 35.0. The van der Waals surface area contributed by atoms with E-state index in [1.165, 1.54) is 0 Å². The summed E-state index contributed by atoms with van der Waals surface area (Å²) in [6.07, 6.45) is -5.11. The van der Waals surface area contributed by atoms with E-state index < -0.39 is 30.7 Å². The van der Waals surface area contributed by atoms with Crippen LogP contribution in [-0.4, -0.2) is 65.7 Å². The van der Waals surface area contributed by atoms with Gasteiger partial charge in [0.15, 0.2) is 6.29 Å². The maximum Gasteiger partial charge on any atom is 0.186 e. The van der Waals surface area contributed by atoms with Crippen molar-refractivity contribution in [1.82, 2.24) is 5.32 Å². The van der Waals surface area contributed by atoms with Crippen LogP contribution in [0.25, 0.3) is 0 Å². The van der Waals surface area contributed by atoms with Crippen LogP contribution in [0, 0.1) is 11.8 Å². The second-order valence-electron chi connectivity index (χ2n) is 6.29. The van der Waals surface area contributed by atoms with Crippen molar-refractivity contribution in [2.24, 2.45) is 11.8 Å². The van der Waals surface area contributed by atoms with Gasteiger partial charge in [-0.1, -0.05) is 27.7 Å². The Hall–Kier alpha value is -0.240. The van der Waals surface area contributed by atoms with Gasteiger partial charge in [-0.2, -0.15) is 0 Å². The van der Waals surface area contributed by atoms with Gasteiger partial charge in [-0.3, -0.25) is 0 Å². The van der Waals surface area contributed by atoms with Crippen molar-refractivity contribution < 1.29 is 24.8 Å². The molecule has 0 aromatic heterocycles. The monoisotopic (exact) mass is 291 g/mol. The summed E-state index contributed by atoms with van der Waals surface area (Å²) in [6.45, 7) is 9.77. The van der Waals surface area contributed by atoms with Crippen LogP contribution in [0.2, 0.25) is 0 Å². The number of nitrogens with one attached hydrogen (secondary N) is 1. The Bertz CT molecular complexity index is 272. The molecule has 5 atom stereocenters. The minimum absolute atomic E-state index is 0.298. The molecule has 0 aromatic rings. The quantitative estimate of drug-likeness (QED) is 0.515. The van der Waals surface area contributed by atoms with Gasteiger partial charge in [0.2, 0.25) is 0 Å². The molecule has 1 aliphatic heterocycles. The molecule has 0 bridgehead atoms. The standard InChI is InChI=1S/C14H29NO5/c1-8(2)5-15-6-10-11(16)12(17)13(18)14(20-10)19-7-9(3)4/h8-18H,5-7H2,1-4H3/t10-,11+,12+,13-,14+/m1/s1. The average molecular weight is 291 g/mol. The predicted molar refractivity (Wildman–Crippen MR) is 75.2 cm³/mol. The third kappa shape index (κ3) is 5.27. The molecular formula is C14H29NO5. The number of aliphatic hydroxyl groups is 3. The fourth-order valence-corrected chi connectivity index (χ4v) is 2.02. The van der Waals surface area contributed by atoms with Gasteiger partial charge in [0.1, 0.15) is 24.4 Å². The lowest BCUT2D eigenvalue weighted by Crippen LogP contribution is -2.60. The van der Waals surface area contributed by atoms with Gasteiger partial charge in [0.05, 0.1) is 6.61 Å². The molecule has 4 N–H and O–H groups in total. The van der Waals surface area contributed by atoms with Crippen molar-refractivity contribution in [2.45, 2.75) is 58.4 Å². The van der Waals surface area contributed by atoms with Crippen LogP contribution in [0.3, 0.4) is 0 Å². The van der Waals surface area contributed by atoms with Crippen LogP contribution in [-0.2, 0) is 9.47 Å². The molecule has 20 heavy (non-hydrogen) atoms. The molecule has 0 aliphatic carbocycles. The lowest BCUT2D eigenvalue weighted by Gasteiger charge is -2.40. The summed E-state index contributed by atoms with van der Waals surface area (Å²) in [4.78, 5) is 0. The van der Waals surface area contributed by atoms with Crippen LogP contribution < -0.4 is 5.32 Å². The second kappa shape index (κ2) is 8.26. The van der Waals surface area contributed by atoms with Crippen LogP contribution in [0.15, 0.2) is 0 Å². The fourth-order valence-electron chi connectivity index (χ4n) is 2.02. The van der Waals surface area contributed by atoms with Gasteiger partial charge < -0.3 is 30.1 Å². The van der Waals surface area contributed by atoms with Crippen molar-refractivity contribution in [3.05, 3.63) is 0 Å². The van der Waals surface area contributed by atoms with Crippen LogP contribution >= 0.6 is 0 Å². The van der Waals surface area contributed by atoms with E-state index in [1.54, 1.807) is 0 Å². The molecular weight excluding hydrogens is 262 g/mol. The third-order valence-corrected chi connectivity index (χ3v) is 3.16. The van der Waals surface area contributed by atoms with E-state index in [0.29, 0.717) is 25.0 Å². The second-order valence-corrected chi connectivity index (χ2v) is 6.29. The third-order valence-electron chi connectivity index (χ3n) is 3.16. The molecule has 0 spiro atoms. The lowest BCUT2D eigenvalue weighted by molar-refractivity contribution is -0.297. The molecule has 1 rings (SSSR count). The summed E-state index contributed by atoms with van der Waals surface area (Å²) in [5.41, 5.74) is 0. The van der Waals surface area contributed by atoms with E-state index in [1.807, 2.05) is 13.8 Å². The molecule has 1 aliphatic rings. The molecule has 0 radical (unpaired) electrons. The summed E-state index contributed by atoms with van der Waals surface area (Å²) < 4.78 is 11.0. The van der Waals surface area contributed by atoms with E-state index in [4.69, 9.17) is 9.47 Å². The maximum atomic E-state index is 9.94. The van der Waals surface area contributed by atoms with Gasteiger partial charge in [-0.05, 0) is 18.4 Å². The lowest BCUT2D eigenvalue weighted by atomic mass is 9.98. The Morgan fingerprint density at radius 3 is 2.20 bits per heavy atom. The fraction of sp³-hybridized carbons (Fsp3) is 1.00. The van der Waals surface area contributed by atoms with Crippen molar-refractivity contribution >= 4 is 0 Å². The molecule has 0 saturated carbocycles. The van der Waals surface area contributed by atoms with E-state index in [0.717, 1.165) is 6.54 Å². The Morgan fingerprint density at radius 2 is 1.65 bits per heavy atom. The highest BCUT2D eigenvalue weighted by molar-refractivity contribution is 4.90. The summed E-state index contributed by atoms with van der Waals surface area (Å²) >= 11 is 0. The van der Waals surface area contributed by atoms with Crippen molar-refractivity contribution in [3.8, 4) is 0 Å². The minimum atomic E-state index is -1.26. The molecule has 1 saturated heterocycles. The Morgan fingerprint density at radius 1 is 1.00 bits per heavy atom. The zero-order valence-corrected chi connectivity index (χ0v) is 12.8. The number of ether oxygens (including phenoxy) is 2. The minimum Gasteiger partial charge on any atom is -0.388 e. The molecule has 1 fully saturated rings. The molecule has 0 unspecified atom stereocenters. The van der Waals surface area contributed by atoms with Gasteiger partial charge in [0.25, 0.3) is 0 Å². The topological polar surface area (TPSA) is 91.2 Å². The zero-order chi connectivity index (χ0) is 15.3. The van der Waals surface area contributed by atoms with E-state index >= 15 is 0 Å². The van der Waals surface area contributed by atoms with Gasteiger partial charge in [0, 0.05) is 6.54 Å². The Labute approximate surface area is 121 Å². The first-order chi connectivity index (χ1) is 9.32. The zero-order valence-electron chi connectivity index (χ0n) is 12.8. The molecule has 0 amide bonds. The molecule has 1 heterocycles. The SMILES string of the molecule is CC(C)CNC[C@H]1O[C@H](OCC(C)C)[C@H](O)[C@@H](O)[C@H]1O. The number of aliphatic hydroxyl groups excluding tert-OH is 3. The first kappa shape index (κ1) is 17.8. The summed E-state index contributed by atoms with van der Waals surface area (Å²) in [6, 6.07) is 0. The van der Waals surface area contributed by atoms with Gasteiger partial charge >= 0.3 is 0 Å². The molecule has 120 valence electrons. The maximum absolute atomic E-state index is 9.94. The smallest absolute Gasteiger partial charge is 0.186 e. The largest absolute Gasteiger partial charge is 0.388 e. The van der Waals surface area contributed by atoms with Crippen LogP contribution in [0.5, 0.6) is 0 Å². The highest BCUT2D eigenvalue weighted by Gasteiger charge is 2.44. The van der Waals surface area contributed by atoms with Crippen LogP contribution in [0.1, 0.15) is 27.7 Å². The van der Waals surface area contributed by atoms with E-state index in [2.05, 4.69) is 19.2 Å². The molecule has 6 nitrogen and oxygen atoms in total. The number of hydrogen-bond donors (Lipinski definition) is 4. The van der Waals surface area contributed by atoms with E-state index in [-0.39, 0.29) is 0 Å². The average Bonchev–Trinajstić information content (AvgIpc) is 2.37. The van der Waals surface area contributed by atoms with Crippen molar-refractivity contribution in [2.75, 3.05) is 19.7 Å². The Kier molecular flexibility index (Phi) is 7.36. The predicted octanol–water partition coefficient (Wildman–Crippen LogP) is -0.288. The summed E-state index contributed by atoms with van der Waals surface area (Å²) in [5, 5.41) is 32.9. The van der Waals surface area contributed by atoms with Crippen LogP contribution in [0.4, 0.5) is 0 Å². The first-order valence-electron chi connectivity index (χ1n) is 7.34. The molecule has 0 aromatic carbocycles. The van der Waals surface area contributed by atoms with Gasteiger partial charge in [-0.25, -0.2) is 0 Å². The summed E-state index contributed by atoms with van der Waals surface area (Å²) in [7, 11) is 0. The van der Waals surface area contributed by atoms with E-state index in [9.17, 15) is 15.3 Å². The van der Waals surface area contributed by atoms with Gasteiger partial charge in [-0.15, -0.1) is 0 Å². The Balaban J connectivity index is 2.52. The highest BCUT2D eigenvalue weighted by Crippen LogP contribution is 2.22. The van der Waals surface area contributed by atoms with Crippen molar-refractivity contribution in [3.63, 3.8) is 0 Å². The number of hydrogen-bond acceptors (Lipinski definition) is 6. The molecule has 6 heteroatoms.